The SMILES string of the molecule is COc1ccc(C2CC(c3ccc(OC)cc3OC)=NN2C(=O)CN2CC(C)OC(C)C2)cc1. The van der Waals surface area contributed by atoms with Crippen LogP contribution in [0.2, 0.25) is 0 Å². The molecule has 2 aromatic carbocycles. The van der Waals surface area contributed by atoms with E-state index in [2.05, 4.69) is 4.90 Å². The molecular formula is C26H33N3O5. The van der Waals surface area contributed by atoms with Crippen molar-refractivity contribution in [1.82, 2.24) is 9.91 Å². The average molecular weight is 468 g/mol. The molecule has 0 saturated carbocycles. The summed E-state index contributed by atoms with van der Waals surface area (Å²) in [6.45, 7) is 5.81. The first-order valence-electron chi connectivity index (χ1n) is 11.6. The van der Waals surface area contributed by atoms with Crippen molar-refractivity contribution in [3.8, 4) is 17.2 Å². The highest BCUT2D eigenvalue weighted by Crippen LogP contribution is 2.36. The number of nitrogens with zero attached hydrogens (tertiary/aromatic N) is 3. The first kappa shape index (κ1) is 24.0. The van der Waals surface area contributed by atoms with Crippen LogP contribution >= 0.6 is 0 Å². The lowest BCUT2D eigenvalue weighted by Crippen LogP contribution is -2.49. The Kier molecular flexibility index (Phi) is 7.38. The lowest BCUT2D eigenvalue weighted by atomic mass is 9.97. The maximum Gasteiger partial charge on any atom is 0.257 e. The molecule has 34 heavy (non-hydrogen) atoms. The monoisotopic (exact) mass is 467 g/mol. The van der Waals surface area contributed by atoms with Crippen molar-refractivity contribution in [1.29, 1.82) is 0 Å². The summed E-state index contributed by atoms with van der Waals surface area (Å²) in [6, 6.07) is 13.2. The second-order valence-electron chi connectivity index (χ2n) is 8.80. The van der Waals surface area contributed by atoms with Gasteiger partial charge in [-0.25, -0.2) is 5.01 Å². The van der Waals surface area contributed by atoms with Gasteiger partial charge in [0.1, 0.15) is 17.2 Å². The van der Waals surface area contributed by atoms with Gasteiger partial charge in [0.05, 0.1) is 51.8 Å². The molecule has 2 heterocycles. The van der Waals surface area contributed by atoms with Crippen LogP contribution in [0.4, 0.5) is 0 Å². The van der Waals surface area contributed by atoms with Crippen LogP contribution in [-0.2, 0) is 9.53 Å². The quantitative estimate of drug-likeness (QED) is 0.621. The predicted molar refractivity (Wildman–Crippen MR) is 130 cm³/mol. The third-order valence-corrected chi connectivity index (χ3v) is 6.24. The van der Waals surface area contributed by atoms with Gasteiger partial charge in [-0.1, -0.05) is 12.1 Å². The van der Waals surface area contributed by atoms with E-state index in [1.165, 1.54) is 0 Å². The van der Waals surface area contributed by atoms with E-state index in [1.807, 2.05) is 56.3 Å². The number of carbonyl (C=O) groups excluding carboxylic acids is 1. The summed E-state index contributed by atoms with van der Waals surface area (Å²) >= 11 is 0. The zero-order valence-electron chi connectivity index (χ0n) is 20.5. The number of benzene rings is 2. The second-order valence-corrected chi connectivity index (χ2v) is 8.80. The Hall–Kier alpha value is -3.10. The number of rotatable bonds is 7. The van der Waals surface area contributed by atoms with E-state index in [0.29, 0.717) is 24.5 Å². The van der Waals surface area contributed by atoms with Crippen LogP contribution < -0.4 is 14.2 Å². The fourth-order valence-corrected chi connectivity index (χ4v) is 4.70. The molecule has 0 bridgehead atoms. The lowest BCUT2D eigenvalue weighted by molar-refractivity contribution is -0.137. The fraction of sp³-hybridized carbons (Fsp3) is 0.462. The highest BCUT2D eigenvalue weighted by atomic mass is 16.5. The van der Waals surface area contributed by atoms with Crippen LogP contribution in [0, 0.1) is 0 Å². The van der Waals surface area contributed by atoms with E-state index in [0.717, 1.165) is 35.7 Å². The Bertz CT molecular complexity index is 1030. The van der Waals surface area contributed by atoms with Gasteiger partial charge in [0.25, 0.3) is 5.91 Å². The molecule has 2 aliphatic heterocycles. The Morgan fingerprint density at radius 2 is 1.62 bits per heavy atom. The first-order valence-corrected chi connectivity index (χ1v) is 11.6. The summed E-state index contributed by atoms with van der Waals surface area (Å²) < 4.78 is 22.1. The van der Waals surface area contributed by atoms with Gasteiger partial charge < -0.3 is 18.9 Å². The number of methoxy groups -OCH3 is 3. The van der Waals surface area contributed by atoms with E-state index >= 15 is 0 Å². The minimum Gasteiger partial charge on any atom is -0.497 e. The summed E-state index contributed by atoms with van der Waals surface area (Å²) in [7, 11) is 4.88. The van der Waals surface area contributed by atoms with Crippen LogP contribution in [0.1, 0.15) is 37.4 Å². The number of hydrogen-bond acceptors (Lipinski definition) is 7. The summed E-state index contributed by atoms with van der Waals surface area (Å²) in [6.07, 6.45) is 0.765. The topological polar surface area (TPSA) is 72.8 Å². The molecule has 0 spiro atoms. The minimum atomic E-state index is -0.212. The number of amides is 1. The van der Waals surface area contributed by atoms with E-state index in [4.69, 9.17) is 24.0 Å². The maximum atomic E-state index is 13.5. The average Bonchev–Trinajstić information content (AvgIpc) is 3.28. The van der Waals surface area contributed by atoms with E-state index in [-0.39, 0.29) is 24.2 Å². The molecule has 4 rings (SSSR count). The molecule has 3 atom stereocenters. The summed E-state index contributed by atoms with van der Waals surface area (Å²) in [5, 5.41) is 6.45. The Morgan fingerprint density at radius 1 is 0.971 bits per heavy atom. The number of ether oxygens (including phenoxy) is 4. The predicted octanol–water partition coefficient (Wildman–Crippen LogP) is 3.50. The second kappa shape index (κ2) is 10.4. The fourth-order valence-electron chi connectivity index (χ4n) is 4.70. The van der Waals surface area contributed by atoms with Crippen LogP contribution in [0.25, 0.3) is 0 Å². The zero-order chi connectivity index (χ0) is 24.2. The first-order chi connectivity index (χ1) is 16.4. The molecule has 1 saturated heterocycles. The molecule has 8 heteroatoms. The lowest BCUT2D eigenvalue weighted by Gasteiger charge is -2.35. The van der Waals surface area contributed by atoms with E-state index < -0.39 is 0 Å². The van der Waals surface area contributed by atoms with Crippen molar-refractivity contribution in [2.75, 3.05) is 41.0 Å². The highest BCUT2D eigenvalue weighted by molar-refractivity contribution is 6.05. The van der Waals surface area contributed by atoms with Crippen molar-refractivity contribution in [3.63, 3.8) is 0 Å². The van der Waals surface area contributed by atoms with Gasteiger partial charge in [-0.3, -0.25) is 9.69 Å². The summed E-state index contributed by atoms with van der Waals surface area (Å²) in [4.78, 5) is 15.7. The Labute approximate surface area is 201 Å². The van der Waals surface area contributed by atoms with Crippen molar-refractivity contribution < 1.29 is 23.7 Å². The number of hydrogen-bond donors (Lipinski definition) is 0. The number of morpholine rings is 1. The third kappa shape index (κ3) is 5.18. The minimum absolute atomic E-state index is 0.0374. The van der Waals surface area contributed by atoms with E-state index in [1.54, 1.807) is 26.3 Å². The molecule has 0 N–H and O–H groups in total. The van der Waals surface area contributed by atoms with Crippen molar-refractivity contribution in [3.05, 3.63) is 53.6 Å². The molecule has 0 aliphatic carbocycles. The molecule has 8 nitrogen and oxygen atoms in total. The number of hydrazone groups is 1. The molecule has 3 unspecified atom stereocenters. The standard InChI is InChI=1S/C26H33N3O5/c1-17-14-28(15-18(2)34-17)16-26(30)29-24(19-6-8-20(31-3)9-7-19)13-23(27-29)22-11-10-21(32-4)12-25(22)33-5/h6-12,17-18,24H,13-16H2,1-5H3. The van der Waals surface area contributed by atoms with Crippen molar-refractivity contribution in [2.24, 2.45) is 5.10 Å². The van der Waals surface area contributed by atoms with Crippen molar-refractivity contribution in [2.45, 2.75) is 38.5 Å². The number of carbonyl (C=O) groups is 1. The Morgan fingerprint density at radius 3 is 2.24 bits per heavy atom. The van der Waals surface area contributed by atoms with Crippen LogP contribution in [0.15, 0.2) is 47.6 Å². The van der Waals surface area contributed by atoms with Crippen LogP contribution in [0.5, 0.6) is 17.2 Å². The highest BCUT2D eigenvalue weighted by Gasteiger charge is 2.35. The third-order valence-electron chi connectivity index (χ3n) is 6.24. The van der Waals surface area contributed by atoms with Gasteiger partial charge in [0.2, 0.25) is 0 Å². The van der Waals surface area contributed by atoms with Crippen LogP contribution in [0.3, 0.4) is 0 Å². The molecule has 182 valence electrons. The molecule has 2 aliphatic rings. The normalized spacial score (nSPS) is 22.9. The Balaban J connectivity index is 1.64. The van der Waals surface area contributed by atoms with Crippen LogP contribution in [-0.4, -0.2) is 74.7 Å². The maximum absolute atomic E-state index is 13.5. The van der Waals surface area contributed by atoms with Gasteiger partial charge >= 0.3 is 0 Å². The molecular weight excluding hydrogens is 434 g/mol. The van der Waals surface area contributed by atoms with Gasteiger partial charge in [-0.05, 0) is 43.7 Å². The van der Waals surface area contributed by atoms with Gasteiger partial charge in [-0.2, -0.15) is 5.10 Å². The van der Waals surface area contributed by atoms with Crippen molar-refractivity contribution >= 4 is 11.6 Å². The molecule has 0 radical (unpaired) electrons. The molecule has 0 aromatic heterocycles. The van der Waals surface area contributed by atoms with Gasteiger partial charge in [0.15, 0.2) is 0 Å². The summed E-state index contributed by atoms with van der Waals surface area (Å²) in [5.74, 6) is 2.10. The molecule has 1 amide bonds. The summed E-state index contributed by atoms with van der Waals surface area (Å²) in [5.41, 5.74) is 2.66. The van der Waals surface area contributed by atoms with Gasteiger partial charge in [0, 0.05) is 31.1 Å². The smallest absolute Gasteiger partial charge is 0.257 e. The molecule has 2 aromatic rings. The van der Waals surface area contributed by atoms with Gasteiger partial charge in [-0.15, -0.1) is 0 Å². The molecule has 1 fully saturated rings. The largest absolute Gasteiger partial charge is 0.497 e. The van der Waals surface area contributed by atoms with E-state index in [9.17, 15) is 4.79 Å². The zero-order valence-corrected chi connectivity index (χ0v) is 20.5.